The van der Waals surface area contributed by atoms with Crippen molar-refractivity contribution in [1.29, 1.82) is 0 Å². The summed E-state index contributed by atoms with van der Waals surface area (Å²) in [7, 11) is -4.07. The molecule has 2 aliphatic rings. The van der Waals surface area contributed by atoms with Gasteiger partial charge in [-0.15, -0.1) is 0 Å². The molecular weight excluding hydrogens is 688 g/mol. The van der Waals surface area contributed by atoms with Crippen molar-refractivity contribution in [3.63, 3.8) is 0 Å². The first-order chi connectivity index (χ1) is 24.3. The number of β-lactam (4-membered cyclic amide) rings is 1. The number of halogens is 2. The highest BCUT2D eigenvalue weighted by molar-refractivity contribution is 7.91. The molecule has 0 aromatic heterocycles. The summed E-state index contributed by atoms with van der Waals surface area (Å²) >= 11 is 0. The van der Waals surface area contributed by atoms with E-state index in [1.54, 1.807) is 12.1 Å². The van der Waals surface area contributed by atoms with E-state index in [0.717, 1.165) is 0 Å². The van der Waals surface area contributed by atoms with E-state index in [9.17, 15) is 52.6 Å². The molecule has 51 heavy (non-hydrogen) atoms. The Morgan fingerprint density at radius 2 is 1.37 bits per heavy atom. The molecule has 0 spiro atoms. The summed E-state index contributed by atoms with van der Waals surface area (Å²) in [6, 6.07) is 20.7. The summed E-state index contributed by atoms with van der Waals surface area (Å²) in [5, 5.41) is 61.8. The first kappa shape index (κ1) is 36.5. The molecule has 4 aromatic carbocycles. The Kier molecular flexibility index (Phi) is 10.6. The number of aromatic hydroxyl groups is 1. The Labute approximate surface area is 292 Å². The SMILES string of the molecule is O=C1[C@H](CC[C@H](O)c2ccc(F)cc2)[C@@H](c2ccc(-c3ccc(S(=O)(=O)CC4O[C@H](CO)[C@@H](O)[C@H](O)[C@H]4O)cc3)cc2O)N1c1ccc(F)cc1. The maximum atomic E-state index is 13.7. The molecule has 270 valence electrons. The average molecular weight is 726 g/mol. The van der Waals surface area contributed by atoms with Crippen LogP contribution in [0.2, 0.25) is 0 Å². The highest BCUT2D eigenvalue weighted by Gasteiger charge is 2.49. The van der Waals surface area contributed by atoms with Gasteiger partial charge in [0.15, 0.2) is 9.84 Å². The predicted molar refractivity (Wildman–Crippen MR) is 180 cm³/mol. The molecule has 14 heteroatoms. The lowest BCUT2D eigenvalue weighted by Crippen LogP contribution is -2.60. The highest BCUT2D eigenvalue weighted by atomic mass is 32.2. The summed E-state index contributed by atoms with van der Waals surface area (Å²) in [6.07, 6.45) is -8.23. The van der Waals surface area contributed by atoms with E-state index in [-0.39, 0.29) is 29.4 Å². The fourth-order valence-corrected chi connectivity index (χ4v) is 8.17. The van der Waals surface area contributed by atoms with Crippen molar-refractivity contribution in [1.82, 2.24) is 0 Å². The smallest absolute Gasteiger partial charge is 0.233 e. The van der Waals surface area contributed by atoms with Crippen molar-refractivity contribution < 1.29 is 57.4 Å². The number of carbonyl (C=O) groups is 1. The van der Waals surface area contributed by atoms with E-state index in [4.69, 9.17) is 4.74 Å². The van der Waals surface area contributed by atoms with Gasteiger partial charge in [0.1, 0.15) is 47.9 Å². The molecule has 6 rings (SSSR count). The van der Waals surface area contributed by atoms with Crippen molar-refractivity contribution in [3.8, 4) is 16.9 Å². The standard InChI is InChI=1S/C37H37F2NO10S/c38-23-6-1-21(2-7-23)29(42)16-15-28-33(40(37(28)47)25-10-8-24(39)9-11-25)27-14-5-22(17-30(27)43)20-3-12-26(13-4-20)51(48,49)19-32-35(45)36(46)34(44)31(18-41)50-32/h1-14,17,28-29,31-36,41-46H,15-16,18-19H2/t28-,29+,31-,32?,33-,34-,35+,36+/m1/s1. The van der Waals surface area contributed by atoms with E-state index < -0.39 is 82.4 Å². The minimum absolute atomic E-state index is 0.113. The van der Waals surface area contributed by atoms with Gasteiger partial charge in [-0.05, 0) is 84.1 Å². The number of hydrogen-bond acceptors (Lipinski definition) is 10. The summed E-state index contributed by atoms with van der Waals surface area (Å²) in [6.45, 7) is -0.690. The Morgan fingerprint density at radius 1 is 0.784 bits per heavy atom. The van der Waals surface area contributed by atoms with Crippen LogP contribution in [0.25, 0.3) is 11.1 Å². The van der Waals surface area contributed by atoms with Gasteiger partial charge < -0.3 is 40.3 Å². The summed E-state index contributed by atoms with van der Waals surface area (Å²) in [5.41, 5.74) is 2.39. The van der Waals surface area contributed by atoms with Crippen LogP contribution in [0.3, 0.4) is 0 Å². The molecule has 1 amide bonds. The van der Waals surface area contributed by atoms with Gasteiger partial charge in [0.25, 0.3) is 0 Å². The van der Waals surface area contributed by atoms with Crippen LogP contribution in [0.15, 0.2) is 95.9 Å². The van der Waals surface area contributed by atoms with Gasteiger partial charge >= 0.3 is 0 Å². The first-order valence-corrected chi connectivity index (χ1v) is 17.9. The molecule has 2 heterocycles. The molecule has 2 saturated heterocycles. The van der Waals surface area contributed by atoms with E-state index >= 15 is 0 Å². The number of carbonyl (C=O) groups excluding carboxylic acids is 1. The topological polar surface area (TPSA) is 185 Å². The third-order valence-corrected chi connectivity index (χ3v) is 11.4. The number of aliphatic hydroxyl groups excluding tert-OH is 5. The molecule has 1 unspecified atom stereocenters. The second-order valence-electron chi connectivity index (χ2n) is 12.8. The van der Waals surface area contributed by atoms with Crippen LogP contribution >= 0.6 is 0 Å². The number of ether oxygens (including phenoxy) is 1. The van der Waals surface area contributed by atoms with Crippen molar-refractivity contribution in [2.75, 3.05) is 17.3 Å². The molecular formula is C37H37F2NO10S. The Balaban J connectivity index is 1.21. The normalized spacial score (nSPS) is 25.7. The molecule has 2 aliphatic heterocycles. The van der Waals surface area contributed by atoms with Crippen molar-refractivity contribution >= 4 is 21.4 Å². The van der Waals surface area contributed by atoms with Crippen LogP contribution in [0.1, 0.15) is 36.1 Å². The Hall–Kier alpha value is -4.28. The van der Waals surface area contributed by atoms with Crippen LogP contribution in [0, 0.1) is 17.6 Å². The largest absolute Gasteiger partial charge is 0.508 e. The van der Waals surface area contributed by atoms with Crippen molar-refractivity contribution in [3.05, 3.63) is 114 Å². The van der Waals surface area contributed by atoms with Crippen LogP contribution in [0.5, 0.6) is 5.75 Å². The first-order valence-electron chi connectivity index (χ1n) is 16.3. The van der Waals surface area contributed by atoms with E-state index in [0.29, 0.717) is 27.9 Å². The number of sulfone groups is 1. The van der Waals surface area contributed by atoms with E-state index in [1.807, 2.05) is 0 Å². The number of nitrogens with zero attached hydrogens (tertiary/aromatic N) is 1. The second-order valence-corrected chi connectivity index (χ2v) is 14.9. The van der Waals surface area contributed by atoms with Gasteiger partial charge in [-0.2, -0.15) is 0 Å². The quantitative estimate of drug-likeness (QED) is 0.126. The molecule has 0 saturated carbocycles. The summed E-state index contributed by atoms with van der Waals surface area (Å²) in [5.74, 6) is -2.72. The number of rotatable bonds is 11. The zero-order chi connectivity index (χ0) is 36.6. The number of aliphatic hydroxyl groups is 5. The third kappa shape index (κ3) is 7.39. The number of hydrogen-bond donors (Lipinski definition) is 6. The number of phenols is 1. The van der Waals surface area contributed by atoms with Crippen molar-refractivity contribution in [2.45, 2.75) is 60.4 Å². The lowest BCUT2D eigenvalue weighted by Gasteiger charge is -2.48. The Bertz CT molecular complexity index is 1960. The lowest BCUT2D eigenvalue weighted by atomic mass is 9.77. The van der Waals surface area contributed by atoms with E-state index in [2.05, 4.69) is 0 Å². The fourth-order valence-electron chi connectivity index (χ4n) is 6.72. The maximum absolute atomic E-state index is 13.7. The van der Waals surface area contributed by atoms with Gasteiger partial charge in [-0.25, -0.2) is 17.2 Å². The summed E-state index contributed by atoms with van der Waals surface area (Å²) in [4.78, 5) is 14.8. The highest BCUT2D eigenvalue weighted by Crippen LogP contribution is 2.49. The maximum Gasteiger partial charge on any atom is 0.233 e. The molecule has 0 aliphatic carbocycles. The minimum atomic E-state index is -4.07. The van der Waals surface area contributed by atoms with Gasteiger partial charge in [0, 0.05) is 11.3 Å². The number of amides is 1. The van der Waals surface area contributed by atoms with Crippen molar-refractivity contribution in [2.24, 2.45) is 5.92 Å². The van der Waals surface area contributed by atoms with E-state index in [1.165, 1.54) is 83.8 Å². The number of benzene rings is 4. The predicted octanol–water partition coefficient (Wildman–Crippen LogP) is 3.17. The molecule has 0 radical (unpaired) electrons. The van der Waals surface area contributed by atoms with Gasteiger partial charge in [0.2, 0.25) is 5.91 Å². The zero-order valence-corrected chi connectivity index (χ0v) is 27.9. The summed E-state index contributed by atoms with van der Waals surface area (Å²) < 4.78 is 58.8. The second kappa shape index (κ2) is 14.8. The molecule has 6 N–H and O–H groups in total. The van der Waals surface area contributed by atoms with Gasteiger partial charge in [-0.1, -0.05) is 36.4 Å². The van der Waals surface area contributed by atoms with Crippen LogP contribution < -0.4 is 4.90 Å². The lowest BCUT2D eigenvalue weighted by molar-refractivity contribution is -0.223. The minimum Gasteiger partial charge on any atom is -0.508 e. The average Bonchev–Trinajstić information content (AvgIpc) is 3.12. The molecule has 0 bridgehead atoms. The zero-order valence-electron chi connectivity index (χ0n) is 27.0. The van der Waals surface area contributed by atoms with Crippen LogP contribution in [0.4, 0.5) is 14.5 Å². The van der Waals surface area contributed by atoms with Crippen LogP contribution in [-0.4, -0.2) is 87.8 Å². The molecule has 8 atom stereocenters. The van der Waals surface area contributed by atoms with Gasteiger partial charge in [0.05, 0.1) is 35.3 Å². The Morgan fingerprint density at radius 3 is 1.98 bits per heavy atom. The molecule has 11 nitrogen and oxygen atoms in total. The molecule has 2 fully saturated rings. The van der Waals surface area contributed by atoms with Gasteiger partial charge in [-0.3, -0.25) is 4.79 Å². The third-order valence-electron chi connectivity index (χ3n) is 9.60. The fraction of sp³-hybridized carbons (Fsp3) is 0.324. The van der Waals surface area contributed by atoms with Crippen LogP contribution in [-0.2, 0) is 19.4 Å². The molecule has 4 aromatic rings. The monoisotopic (exact) mass is 725 g/mol. The number of phenolic OH excluding ortho intramolecular Hbond substituents is 1. The number of anilines is 1.